The first-order valence-corrected chi connectivity index (χ1v) is 14.2. The smallest absolute Gasteiger partial charge is 0.316 e. The van der Waals surface area contributed by atoms with E-state index < -0.39 is 21.4 Å². The van der Waals surface area contributed by atoms with E-state index in [-0.39, 0.29) is 23.3 Å². The van der Waals surface area contributed by atoms with Gasteiger partial charge in [-0.1, -0.05) is 32.4 Å². The number of rotatable bonds is 8. The minimum atomic E-state index is -3.28. The lowest BCUT2D eigenvalue weighted by Gasteiger charge is -2.36. The number of piperazine rings is 1. The minimum Gasteiger partial charge on any atom is -0.483 e. The Balaban J connectivity index is 1.63. The molecule has 2 fully saturated rings. The summed E-state index contributed by atoms with van der Waals surface area (Å²) in [5, 5.41) is 4.27. The predicted molar refractivity (Wildman–Crippen MR) is 134 cm³/mol. The highest BCUT2D eigenvalue weighted by atomic mass is 32.2. The topological polar surface area (TPSA) is 84.7 Å². The van der Waals surface area contributed by atoms with Gasteiger partial charge in [0.2, 0.25) is 15.8 Å². The molecule has 10 heteroatoms. The number of sulfonamides is 1. The van der Waals surface area contributed by atoms with E-state index in [0.29, 0.717) is 44.2 Å². The zero-order chi connectivity index (χ0) is 25.0. The van der Waals surface area contributed by atoms with Crippen molar-refractivity contribution in [1.29, 1.82) is 0 Å². The van der Waals surface area contributed by atoms with Crippen molar-refractivity contribution in [2.24, 2.45) is 5.92 Å². The summed E-state index contributed by atoms with van der Waals surface area (Å²) in [7, 11) is -3.28. The summed E-state index contributed by atoms with van der Waals surface area (Å²) in [5.41, 5.74) is 0.0954. The van der Waals surface area contributed by atoms with Crippen LogP contribution in [-0.4, -0.2) is 60.5 Å². The highest BCUT2D eigenvalue weighted by Gasteiger charge is 2.30. The van der Waals surface area contributed by atoms with Gasteiger partial charge in [0.1, 0.15) is 17.2 Å². The molecule has 0 spiro atoms. The first-order chi connectivity index (χ1) is 16.8. The second kappa shape index (κ2) is 11.1. The third kappa shape index (κ3) is 5.69. The van der Waals surface area contributed by atoms with Crippen molar-refractivity contribution in [3.8, 4) is 11.4 Å². The van der Waals surface area contributed by atoms with E-state index >= 15 is 0 Å². The molecule has 0 radical (unpaired) electrons. The number of aromatic nitrogens is 2. The number of benzene rings is 1. The molecule has 0 N–H and O–H groups in total. The summed E-state index contributed by atoms with van der Waals surface area (Å²) in [5.74, 6) is 0.425. The van der Waals surface area contributed by atoms with Crippen LogP contribution in [0.2, 0.25) is 0 Å². The molecule has 2 aliphatic rings. The van der Waals surface area contributed by atoms with Gasteiger partial charge in [-0.3, -0.25) is 4.79 Å². The van der Waals surface area contributed by atoms with Crippen molar-refractivity contribution in [2.45, 2.75) is 58.5 Å². The predicted octanol–water partition coefficient (Wildman–Crippen LogP) is 3.58. The van der Waals surface area contributed by atoms with E-state index in [2.05, 4.69) is 12.0 Å². The maximum atomic E-state index is 14.5. The zero-order valence-electron chi connectivity index (χ0n) is 20.5. The highest BCUT2D eigenvalue weighted by molar-refractivity contribution is 7.89. The Morgan fingerprint density at radius 3 is 2.34 bits per heavy atom. The monoisotopic (exact) mass is 506 g/mol. The van der Waals surface area contributed by atoms with Gasteiger partial charge in [0, 0.05) is 26.2 Å². The standard InChI is InChI=1S/C25H35FN4O4S/c1-3-17-35(32,33)29-15-13-28(14-16-29)23-18-27-30(22-8-6-5-7-21(22)26)25(31)24(23)34-20-11-9-19(4-2)10-12-20/h5-8,18-20H,3-4,9-17H2,1-2H3. The first-order valence-electron chi connectivity index (χ1n) is 12.6. The number of ether oxygens (including phenoxy) is 1. The quantitative estimate of drug-likeness (QED) is 0.544. The number of hydrogen-bond donors (Lipinski definition) is 0. The molecule has 1 saturated carbocycles. The Bertz CT molecular complexity index is 1170. The Labute approximate surface area is 206 Å². The summed E-state index contributed by atoms with van der Waals surface area (Å²) in [6, 6.07) is 6.02. The van der Waals surface area contributed by atoms with E-state index in [4.69, 9.17) is 4.74 Å². The van der Waals surface area contributed by atoms with Gasteiger partial charge in [0.05, 0.1) is 18.1 Å². The second-order valence-electron chi connectivity index (χ2n) is 9.40. The number of hydrogen-bond acceptors (Lipinski definition) is 6. The summed E-state index contributed by atoms with van der Waals surface area (Å²) in [6.07, 6.45) is 6.99. The molecule has 1 aromatic heterocycles. The van der Waals surface area contributed by atoms with Crippen LogP contribution in [0.25, 0.3) is 5.69 Å². The highest BCUT2D eigenvalue weighted by Crippen LogP contribution is 2.32. The molecular formula is C25H35FN4O4S. The van der Waals surface area contributed by atoms with Gasteiger partial charge in [-0.15, -0.1) is 0 Å². The van der Waals surface area contributed by atoms with Gasteiger partial charge in [0.25, 0.3) is 0 Å². The molecule has 0 amide bonds. The van der Waals surface area contributed by atoms with Crippen molar-refractivity contribution < 1.29 is 17.5 Å². The Morgan fingerprint density at radius 1 is 1.03 bits per heavy atom. The molecule has 0 atom stereocenters. The molecule has 2 heterocycles. The Morgan fingerprint density at radius 2 is 1.71 bits per heavy atom. The van der Waals surface area contributed by atoms with Gasteiger partial charge in [-0.05, 0) is 50.2 Å². The van der Waals surface area contributed by atoms with Crippen LogP contribution in [0.4, 0.5) is 10.1 Å². The van der Waals surface area contributed by atoms with Crippen LogP contribution in [0.5, 0.6) is 5.75 Å². The largest absolute Gasteiger partial charge is 0.483 e. The van der Waals surface area contributed by atoms with E-state index in [1.807, 2.05) is 11.8 Å². The number of halogens is 1. The lowest BCUT2D eigenvalue weighted by Crippen LogP contribution is -2.49. The van der Waals surface area contributed by atoms with Gasteiger partial charge >= 0.3 is 5.56 Å². The zero-order valence-corrected chi connectivity index (χ0v) is 21.3. The van der Waals surface area contributed by atoms with Crippen molar-refractivity contribution in [3.05, 3.63) is 46.6 Å². The van der Waals surface area contributed by atoms with E-state index in [0.717, 1.165) is 36.8 Å². The molecule has 1 saturated heterocycles. The lowest BCUT2D eigenvalue weighted by atomic mass is 9.86. The number of para-hydroxylation sites is 1. The lowest BCUT2D eigenvalue weighted by molar-refractivity contribution is 0.128. The molecule has 0 bridgehead atoms. The second-order valence-corrected chi connectivity index (χ2v) is 11.5. The molecule has 1 aliphatic heterocycles. The van der Waals surface area contributed by atoms with Gasteiger partial charge in [-0.25, -0.2) is 12.8 Å². The van der Waals surface area contributed by atoms with Crippen molar-refractivity contribution in [2.75, 3.05) is 36.8 Å². The van der Waals surface area contributed by atoms with Gasteiger partial charge in [-0.2, -0.15) is 14.1 Å². The molecule has 0 unspecified atom stereocenters. The third-order valence-corrected chi connectivity index (χ3v) is 9.16. The van der Waals surface area contributed by atoms with E-state index in [9.17, 15) is 17.6 Å². The van der Waals surface area contributed by atoms with Crippen molar-refractivity contribution in [3.63, 3.8) is 0 Å². The van der Waals surface area contributed by atoms with Gasteiger partial charge in [0.15, 0.2) is 0 Å². The Kier molecular flexibility index (Phi) is 8.11. The summed E-state index contributed by atoms with van der Waals surface area (Å²) < 4.78 is 48.3. The van der Waals surface area contributed by atoms with Crippen LogP contribution >= 0.6 is 0 Å². The molecule has 4 rings (SSSR count). The van der Waals surface area contributed by atoms with Crippen LogP contribution in [0.15, 0.2) is 35.3 Å². The average molecular weight is 507 g/mol. The van der Waals surface area contributed by atoms with Crippen LogP contribution in [0.3, 0.4) is 0 Å². The maximum absolute atomic E-state index is 14.5. The molecule has 35 heavy (non-hydrogen) atoms. The fourth-order valence-corrected chi connectivity index (χ4v) is 6.47. The minimum absolute atomic E-state index is 0.0686. The van der Waals surface area contributed by atoms with Crippen molar-refractivity contribution >= 4 is 15.7 Å². The first kappa shape index (κ1) is 25.6. The van der Waals surface area contributed by atoms with Crippen LogP contribution in [0.1, 0.15) is 52.4 Å². The fourth-order valence-electron chi connectivity index (χ4n) is 4.98. The number of anilines is 1. The van der Waals surface area contributed by atoms with Crippen LogP contribution in [0, 0.1) is 11.7 Å². The van der Waals surface area contributed by atoms with E-state index in [1.165, 1.54) is 22.6 Å². The van der Waals surface area contributed by atoms with Gasteiger partial charge < -0.3 is 9.64 Å². The third-order valence-electron chi connectivity index (χ3n) is 7.09. The molecule has 1 aromatic carbocycles. The summed E-state index contributed by atoms with van der Waals surface area (Å²) in [4.78, 5) is 15.5. The fraction of sp³-hybridized carbons (Fsp3) is 0.600. The SMILES string of the molecule is CCCS(=O)(=O)N1CCN(c2cnn(-c3ccccc3F)c(=O)c2OC2CCC(CC)CC2)CC1. The number of nitrogens with zero attached hydrogens (tertiary/aromatic N) is 4. The molecule has 8 nitrogen and oxygen atoms in total. The molecule has 2 aromatic rings. The normalized spacial score (nSPS) is 21.7. The maximum Gasteiger partial charge on any atom is 0.316 e. The molecular weight excluding hydrogens is 471 g/mol. The van der Waals surface area contributed by atoms with Crippen LogP contribution in [-0.2, 0) is 10.0 Å². The Hall–Kier alpha value is -2.46. The summed E-state index contributed by atoms with van der Waals surface area (Å²) in [6.45, 7) is 5.56. The average Bonchev–Trinajstić information content (AvgIpc) is 2.86. The molecule has 1 aliphatic carbocycles. The summed E-state index contributed by atoms with van der Waals surface area (Å²) >= 11 is 0. The molecule has 192 valence electrons. The van der Waals surface area contributed by atoms with E-state index in [1.54, 1.807) is 12.1 Å². The van der Waals surface area contributed by atoms with Crippen molar-refractivity contribution in [1.82, 2.24) is 14.1 Å². The van der Waals surface area contributed by atoms with Crippen LogP contribution < -0.4 is 15.2 Å².